The standard InChI is InChI=1S/C19H17F2N3O4S/c1-19(10-29(26,27)11-19)23-17(25)12-5-6-16-13(7-12)9-22-24(16)14-3-2-4-15(8-14)28-18(20)21/h2-9,18H,10-11H2,1H3,(H,23,25). The van der Waals surface area contributed by atoms with Gasteiger partial charge < -0.3 is 10.1 Å². The Morgan fingerprint density at radius 2 is 2.00 bits per heavy atom. The fourth-order valence-electron chi connectivity index (χ4n) is 3.52. The van der Waals surface area contributed by atoms with Crippen LogP contribution in [0.5, 0.6) is 5.75 Å². The summed E-state index contributed by atoms with van der Waals surface area (Å²) in [6, 6.07) is 11.1. The molecule has 29 heavy (non-hydrogen) atoms. The van der Waals surface area contributed by atoms with Crippen molar-refractivity contribution in [1.29, 1.82) is 0 Å². The number of carbonyl (C=O) groups excluding carboxylic acids is 1. The molecule has 1 saturated heterocycles. The van der Waals surface area contributed by atoms with Crippen LogP contribution >= 0.6 is 0 Å². The molecule has 0 aliphatic carbocycles. The maximum atomic E-state index is 12.5. The fourth-order valence-corrected chi connectivity index (χ4v) is 5.52. The highest BCUT2D eigenvalue weighted by atomic mass is 32.2. The van der Waals surface area contributed by atoms with Gasteiger partial charge in [0.05, 0.1) is 34.4 Å². The van der Waals surface area contributed by atoms with Crippen molar-refractivity contribution in [2.75, 3.05) is 11.5 Å². The van der Waals surface area contributed by atoms with Gasteiger partial charge in [-0.1, -0.05) is 6.07 Å². The van der Waals surface area contributed by atoms with Gasteiger partial charge in [-0.3, -0.25) is 4.79 Å². The first-order chi connectivity index (χ1) is 13.6. The molecule has 10 heteroatoms. The van der Waals surface area contributed by atoms with E-state index in [0.29, 0.717) is 22.2 Å². The number of hydrogen-bond acceptors (Lipinski definition) is 5. The summed E-state index contributed by atoms with van der Waals surface area (Å²) in [6.45, 7) is -1.23. The third-order valence-electron chi connectivity index (χ3n) is 4.61. The van der Waals surface area contributed by atoms with Gasteiger partial charge in [0.25, 0.3) is 5.91 Å². The summed E-state index contributed by atoms with van der Waals surface area (Å²) in [5.41, 5.74) is 0.813. The van der Waals surface area contributed by atoms with E-state index in [-0.39, 0.29) is 23.2 Å². The maximum Gasteiger partial charge on any atom is 0.387 e. The van der Waals surface area contributed by atoms with Crippen LogP contribution in [0, 0.1) is 0 Å². The van der Waals surface area contributed by atoms with Crippen molar-refractivity contribution in [2.24, 2.45) is 0 Å². The largest absolute Gasteiger partial charge is 0.435 e. The number of hydrogen-bond donors (Lipinski definition) is 1. The number of carbonyl (C=O) groups is 1. The van der Waals surface area contributed by atoms with Gasteiger partial charge in [0.15, 0.2) is 9.84 Å². The Morgan fingerprint density at radius 3 is 2.69 bits per heavy atom. The van der Waals surface area contributed by atoms with E-state index in [1.54, 1.807) is 48.1 Å². The molecule has 1 aliphatic heterocycles. The van der Waals surface area contributed by atoms with E-state index in [4.69, 9.17) is 0 Å². The molecule has 4 rings (SSSR count). The molecule has 0 spiro atoms. The van der Waals surface area contributed by atoms with Crippen LogP contribution in [0.1, 0.15) is 17.3 Å². The summed E-state index contributed by atoms with van der Waals surface area (Å²) in [5.74, 6) is -0.517. The average molecular weight is 421 g/mol. The molecule has 0 saturated carbocycles. The highest BCUT2D eigenvalue weighted by Crippen LogP contribution is 2.25. The van der Waals surface area contributed by atoms with Gasteiger partial charge in [0.2, 0.25) is 0 Å². The summed E-state index contributed by atoms with van der Waals surface area (Å²) in [5, 5.41) is 7.70. The highest BCUT2D eigenvalue weighted by molar-refractivity contribution is 7.93. The molecular formula is C19H17F2N3O4S. The van der Waals surface area contributed by atoms with Gasteiger partial charge in [-0.05, 0) is 37.3 Å². The Labute approximate surface area is 165 Å². The number of alkyl halides is 2. The van der Waals surface area contributed by atoms with Crippen molar-refractivity contribution in [3.63, 3.8) is 0 Å². The lowest BCUT2D eigenvalue weighted by molar-refractivity contribution is -0.0498. The molecule has 1 aliphatic rings. The number of rotatable bonds is 5. The second-order valence-electron chi connectivity index (χ2n) is 7.25. The normalized spacial score (nSPS) is 17.1. The minimum absolute atomic E-state index is 0.0147. The molecule has 2 aromatic carbocycles. The fraction of sp³-hybridized carbons (Fsp3) is 0.263. The average Bonchev–Trinajstić information content (AvgIpc) is 3.02. The smallest absolute Gasteiger partial charge is 0.387 e. The topological polar surface area (TPSA) is 90.3 Å². The van der Waals surface area contributed by atoms with E-state index < -0.39 is 22.0 Å². The predicted molar refractivity (Wildman–Crippen MR) is 102 cm³/mol. The molecule has 0 bridgehead atoms. The van der Waals surface area contributed by atoms with Gasteiger partial charge in [0.1, 0.15) is 5.75 Å². The van der Waals surface area contributed by atoms with Gasteiger partial charge in [-0.15, -0.1) is 0 Å². The molecule has 0 unspecified atom stereocenters. The first-order valence-corrected chi connectivity index (χ1v) is 10.5. The zero-order valence-corrected chi connectivity index (χ0v) is 16.1. The second kappa shape index (κ2) is 6.80. The Kier molecular flexibility index (Phi) is 4.53. The number of fused-ring (bicyclic) bond motifs is 1. The van der Waals surface area contributed by atoms with E-state index in [0.717, 1.165) is 0 Å². The summed E-state index contributed by atoms with van der Waals surface area (Å²) in [4.78, 5) is 12.5. The number of halogens is 2. The lowest BCUT2D eigenvalue weighted by Crippen LogP contribution is -2.63. The monoisotopic (exact) mass is 421 g/mol. The zero-order chi connectivity index (χ0) is 20.8. The molecule has 1 fully saturated rings. The first-order valence-electron chi connectivity index (χ1n) is 8.70. The van der Waals surface area contributed by atoms with E-state index in [1.165, 1.54) is 12.1 Å². The zero-order valence-electron chi connectivity index (χ0n) is 15.3. The van der Waals surface area contributed by atoms with Crippen molar-refractivity contribution in [3.05, 3.63) is 54.2 Å². The van der Waals surface area contributed by atoms with Crippen molar-refractivity contribution < 1.29 is 26.7 Å². The summed E-state index contributed by atoms with van der Waals surface area (Å²) in [6.07, 6.45) is 1.56. The minimum Gasteiger partial charge on any atom is -0.435 e. The number of nitrogens with one attached hydrogen (secondary N) is 1. The molecular weight excluding hydrogens is 404 g/mol. The molecule has 152 valence electrons. The van der Waals surface area contributed by atoms with Crippen molar-refractivity contribution in [1.82, 2.24) is 15.1 Å². The number of sulfone groups is 1. The first kappa shape index (κ1) is 19.3. The van der Waals surface area contributed by atoms with Crippen LogP contribution in [0.25, 0.3) is 16.6 Å². The SMILES string of the molecule is CC1(NC(=O)c2ccc3c(cnn3-c3cccc(OC(F)F)c3)c2)CS(=O)(=O)C1. The van der Waals surface area contributed by atoms with Crippen LogP contribution < -0.4 is 10.1 Å². The van der Waals surface area contributed by atoms with E-state index in [9.17, 15) is 22.0 Å². The highest BCUT2D eigenvalue weighted by Gasteiger charge is 2.45. The molecule has 1 aromatic heterocycles. The van der Waals surface area contributed by atoms with Gasteiger partial charge in [0, 0.05) is 17.0 Å². The Morgan fingerprint density at radius 1 is 1.24 bits per heavy atom. The van der Waals surface area contributed by atoms with Crippen LogP contribution in [0.3, 0.4) is 0 Å². The Bertz CT molecular complexity index is 1200. The second-order valence-corrected chi connectivity index (χ2v) is 9.32. The van der Waals surface area contributed by atoms with Crippen LogP contribution in [0.4, 0.5) is 8.78 Å². The van der Waals surface area contributed by atoms with Crippen molar-refractivity contribution >= 4 is 26.6 Å². The molecule has 7 nitrogen and oxygen atoms in total. The van der Waals surface area contributed by atoms with Gasteiger partial charge in [-0.25, -0.2) is 13.1 Å². The third-order valence-corrected chi connectivity index (χ3v) is 6.76. The van der Waals surface area contributed by atoms with Crippen LogP contribution in [-0.4, -0.2) is 47.8 Å². The Balaban J connectivity index is 1.59. The molecule has 0 atom stereocenters. The molecule has 2 heterocycles. The predicted octanol–water partition coefficient (Wildman–Crippen LogP) is 2.54. The maximum absolute atomic E-state index is 12.5. The number of amides is 1. The number of nitrogens with zero attached hydrogens (tertiary/aromatic N) is 2. The van der Waals surface area contributed by atoms with Crippen LogP contribution in [-0.2, 0) is 9.84 Å². The summed E-state index contributed by atoms with van der Waals surface area (Å²) < 4.78 is 53.7. The molecule has 1 amide bonds. The van der Waals surface area contributed by atoms with Crippen LogP contribution in [0.15, 0.2) is 48.7 Å². The quantitative estimate of drug-likeness (QED) is 0.684. The molecule has 0 radical (unpaired) electrons. The van der Waals surface area contributed by atoms with Crippen LogP contribution in [0.2, 0.25) is 0 Å². The number of aromatic nitrogens is 2. The lowest BCUT2D eigenvalue weighted by Gasteiger charge is -2.38. The van der Waals surface area contributed by atoms with Crippen molar-refractivity contribution in [2.45, 2.75) is 19.1 Å². The molecule has 1 N–H and O–H groups in total. The third kappa shape index (κ3) is 3.93. The van der Waals surface area contributed by atoms with Crippen molar-refractivity contribution in [3.8, 4) is 11.4 Å². The van der Waals surface area contributed by atoms with Gasteiger partial charge in [-0.2, -0.15) is 13.9 Å². The minimum atomic E-state index is -3.08. The van der Waals surface area contributed by atoms with Gasteiger partial charge >= 0.3 is 6.61 Å². The summed E-state index contributed by atoms with van der Waals surface area (Å²) in [7, 11) is -3.08. The van der Waals surface area contributed by atoms with E-state index in [2.05, 4.69) is 15.2 Å². The summed E-state index contributed by atoms with van der Waals surface area (Å²) >= 11 is 0. The Hall–Kier alpha value is -3.01. The lowest BCUT2D eigenvalue weighted by atomic mass is 10.1. The number of ether oxygens (including phenoxy) is 1. The number of benzene rings is 2. The molecule has 3 aromatic rings. The van der Waals surface area contributed by atoms with E-state index in [1.807, 2.05) is 0 Å². The van der Waals surface area contributed by atoms with E-state index >= 15 is 0 Å².